The minimum atomic E-state index is -0.171. The Morgan fingerprint density at radius 1 is 0.943 bits per heavy atom. The van der Waals surface area contributed by atoms with E-state index in [0.29, 0.717) is 11.5 Å². The van der Waals surface area contributed by atoms with Crippen LogP contribution in [0.5, 0.6) is 0 Å². The SMILES string of the molecule is Cc1cc(C)cc(C(=O)N[C@@H](CC(C)C)c2nnc3n2CCN(Cc2ccc(C)cc2C)CC3)c1. The summed E-state index contributed by atoms with van der Waals surface area (Å²) in [6.45, 7) is 16.4. The molecule has 0 unspecified atom stereocenters. The van der Waals surface area contributed by atoms with E-state index in [-0.39, 0.29) is 11.9 Å². The number of aromatic nitrogens is 3. The van der Waals surface area contributed by atoms with E-state index < -0.39 is 0 Å². The van der Waals surface area contributed by atoms with Gasteiger partial charge in [0, 0.05) is 38.2 Å². The van der Waals surface area contributed by atoms with Crippen molar-refractivity contribution in [1.29, 1.82) is 0 Å². The largest absolute Gasteiger partial charge is 0.342 e. The first-order valence-electron chi connectivity index (χ1n) is 12.8. The zero-order valence-electron chi connectivity index (χ0n) is 22.1. The van der Waals surface area contributed by atoms with Crippen LogP contribution in [0.25, 0.3) is 0 Å². The van der Waals surface area contributed by atoms with Crippen molar-refractivity contribution < 1.29 is 4.79 Å². The van der Waals surface area contributed by atoms with Gasteiger partial charge in [-0.15, -0.1) is 10.2 Å². The van der Waals surface area contributed by atoms with E-state index >= 15 is 0 Å². The fourth-order valence-corrected chi connectivity index (χ4v) is 5.12. The Balaban J connectivity index is 1.51. The van der Waals surface area contributed by atoms with Gasteiger partial charge in [0.25, 0.3) is 5.91 Å². The van der Waals surface area contributed by atoms with Gasteiger partial charge in [-0.2, -0.15) is 0 Å². The van der Waals surface area contributed by atoms with Crippen molar-refractivity contribution in [1.82, 2.24) is 25.0 Å². The zero-order chi connectivity index (χ0) is 25.1. The van der Waals surface area contributed by atoms with Gasteiger partial charge < -0.3 is 9.88 Å². The standard InChI is InChI=1S/C29H39N5O/c1-19(2)13-26(30-29(35)25-16-21(4)14-22(5)17-25)28-32-31-27-9-10-33(11-12-34(27)28)18-24-8-7-20(3)15-23(24)6/h7-8,14-17,19,26H,9-13,18H2,1-6H3,(H,30,35)/t26-/m0/s1. The Kier molecular flexibility index (Phi) is 7.70. The number of carbonyl (C=O) groups excluding carboxylic acids is 1. The highest BCUT2D eigenvalue weighted by Gasteiger charge is 2.26. The Bertz CT molecular complexity index is 1180. The van der Waals surface area contributed by atoms with Crippen LogP contribution in [0.3, 0.4) is 0 Å². The molecular weight excluding hydrogens is 434 g/mol. The van der Waals surface area contributed by atoms with Gasteiger partial charge >= 0.3 is 0 Å². The van der Waals surface area contributed by atoms with E-state index in [4.69, 9.17) is 0 Å². The van der Waals surface area contributed by atoms with Gasteiger partial charge in [-0.25, -0.2) is 0 Å². The highest BCUT2D eigenvalue weighted by atomic mass is 16.1. The predicted molar refractivity (Wildman–Crippen MR) is 140 cm³/mol. The highest BCUT2D eigenvalue weighted by molar-refractivity contribution is 5.94. The lowest BCUT2D eigenvalue weighted by Crippen LogP contribution is -2.32. The van der Waals surface area contributed by atoms with Gasteiger partial charge in [0.05, 0.1) is 6.04 Å². The van der Waals surface area contributed by atoms with Gasteiger partial charge in [0.2, 0.25) is 0 Å². The molecule has 0 saturated carbocycles. The fourth-order valence-electron chi connectivity index (χ4n) is 5.12. The van der Waals surface area contributed by atoms with Crippen LogP contribution in [-0.4, -0.2) is 38.7 Å². The number of rotatable bonds is 7. The second-order valence-electron chi connectivity index (χ2n) is 10.6. The van der Waals surface area contributed by atoms with Crippen molar-refractivity contribution in [3.05, 3.63) is 81.4 Å². The van der Waals surface area contributed by atoms with Crippen LogP contribution in [0.2, 0.25) is 0 Å². The molecule has 2 heterocycles. The van der Waals surface area contributed by atoms with Crippen LogP contribution >= 0.6 is 0 Å². The molecule has 1 aliphatic rings. The van der Waals surface area contributed by atoms with Crippen LogP contribution < -0.4 is 5.32 Å². The quantitative estimate of drug-likeness (QED) is 0.519. The van der Waals surface area contributed by atoms with Crippen molar-refractivity contribution in [3.63, 3.8) is 0 Å². The molecule has 1 aromatic heterocycles. The van der Waals surface area contributed by atoms with Gasteiger partial charge in [-0.1, -0.05) is 54.8 Å². The lowest BCUT2D eigenvalue weighted by atomic mass is 10.0. The summed E-state index contributed by atoms with van der Waals surface area (Å²) in [4.78, 5) is 15.7. The molecule has 35 heavy (non-hydrogen) atoms. The molecule has 0 bridgehead atoms. The third kappa shape index (κ3) is 6.17. The van der Waals surface area contributed by atoms with Crippen LogP contribution in [0.4, 0.5) is 0 Å². The van der Waals surface area contributed by atoms with Crippen LogP contribution in [0, 0.1) is 33.6 Å². The fraction of sp³-hybridized carbons (Fsp3) is 0.483. The molecular formula is C29H39N5O. The zero-order valence-corrected chi connectivity index (χ0v) is 22.1. The molecule has 1 aliphatic heterocycles. The van der Waals surface area contributed by atoms with Crippen LogP contribution in [0.15, 0.2) is 36.4 Å². The number of fused-ring (bicyclic) bond motifs is 1. The van der Waals surface area contributed by atoms with Crippen molar-refractivity contribution >= 4 is 5.91 Å². The van der Waals surface area contributed by atoms with E-state index in [9.17, 15) is 4.79 Å². The summed E-state index contributed by atoms with van der Waals surface area (Å²) in [5.41, 5.74) is 6.92. The lowest BCUT2D eigenvalue weighted by molar-refractivity contribution is 0.0928. The van der Waals surface area contributed by atoms with Gasteiger partial charge in [-0.3, -0.25) is 9.69 Å². The molecule has 0 spiro atoms. The monoisotopic (exact) mass is 473 g/mol. The number of carbonyl (C=O) groups is 1. The number of hydrogen-bond donors (Lipinski definition) is 1. The van der Waals surface area contributed by atoms with Gasteiger partial charge in [-0.05, 0) is 63.3 Å². The van der Waals surface area contributed by atoms with E-state index in [1.165, 1.54) is 16.7 Å². The summed E-state index contributed by atoms with van der Waals surface area (Å²) in [5.74, 6) is 2.25. The van der Waals surface area contributed by atoms with Crippen molar-refractivity contribution in [3.8, 4) is 0 Å². The van der Waals surface area contributed by atoms with Gasteiger partial charge in [0.1, 0.15) is 5.82 Å². The summed E-state index contributed by atoms with van der Waals surface area (Å²) >= 11 is 0. The van der Waals surface area contributed by atoms with Crippen LogP contribution in [-0.2, 0) is 19.5 Å². The molecule has 186 valence electrons. The Morgan fingerprint density at radius 3 is 2.37 bits per heavy atom. The third-order valence-corrected chi connectivity index (χ3v) is 6.85. The molecule has 1 atom stereocenters. The maximum absolute atomic E-state index is 13.2. The molecule has 1 N–H and O–H groups in total. The molecule has 0 aliphatic carbocycles. The first kappa shape index (κ1) is 25.1. The Labute approximate surface area is 209 Å². The number of nitrogens with one attached hydrogen (secondary N) is 1. The summed E-state index contributed by atoms with van der Waals surface area (Å²) in [7, 11) is 0. The second kappa shape index (κ2) is 10.7. The van der Waals surface area contributed by atoms with Gasteiger partial charge in [0.15, 0.2) is 5.82 Å². The number of nitrogens with zero attached hydrogens (tertiary/aromatic N) is 4. The number of hydrogen-bond acceptors (Lipinski definition) is 4. The van der Waals surface area contributed by atoms with E-state index in [1.807, 2.05) is 26.0 Å². The first-order chi connectivity index (χ1) is 16.7. The maximum atomic E-state index is 13.2. The van der Waals surface area contributed by atoms with Crippen LogP contribution in [0.1, 0.15) is 76.1 Å². The summed E-state index contributed by atoms with van der Waals surface area (Å²) in [6, 6.07) is 12.5. The maximum Gasteiger partial charge on any atom is 0.251 e. The minimum Gasteiger partial charge on any atom is -0.342 e. The molecule has 0 fully saturated rings. The average molecular weight is 474 g/mol. The lowest BCUT2D eigenvalue weighted by Gasteiger charge is -2.23. The molecule has 6 heteroatoms. The number of amides is 1. The Hall–Kier alpha value is -2.99. The normalized spacial score (nSPS) is 15.1. The summed E-state index contributed by atoms with van der Waals surface area (Å²) < 4.78 is 2.25. The van der Waals surface area contributed by atoms with Crippen molar-refractivity contribution in [2.24, 2.45) is 5.92 Å². The third-order valence-electron chi connectivity index (χ3n) is 6.85. The Morgan fingerprint density at radius 2 is 1.69 bits per heavy atom. The second-order valence-corrected chi connectivity index (χ2v) is 10.6. The number of aryl methyl sites for hydroxylation is 4. The van der Waals surface area contributed by atoms with E-state index in [1.54, 1.807) is 0 Å². The summed E-state index contributed by atoms with van der Waals surface area (Å²) in [5, 5.41) is 12.4. The molecule has 4 rings (SSSR count). The molecule has 0 saturated heterocycles. The molecule has 6 nitrogen and oxygen atoms in total. The topological polar surface area (TPSA) is 63.1 Å². The first-order valence-corrected chi connectivity index (χ1v) is 12.8. The van der Waals surface area contributed by atoms with Crippen molar-refractivity contribution in [2.75, 3.05) is 13.1 Å². The predicted octanol–water partition coefficient (Wildman–Crippen LogP) is 5.09. The summed E-state index contributed by atoms with van der Waals surface area (Å²) in [6.07, 6.45) is 1.68. The molecule has 1 amide bonds. The highest BCUT2D eigenvalue weighted by Crippen LogP contribution is 2.24. The van der Waals surface area contributed by atoms with E-state index in [0.717, 1.165) is 61.8 Å². The minimum absolute atomic E-state index is 0.0510. The number of benzene rings is 2. The molecule has 3 aromatic rings. The smallest absolute Gasteiger partial charge is 0.251 e. The molecule has 0 radical (unpaired) electrons. The molecule has 2 aromatic carbocycles. The van der Waals surface area contributed by atoms with Crippen molar-refractivity contribution in [2.45, 2.75) is 73.5 Å². The average Bonchev–Trinajstić information content (AvgIpc) is 3.08. The van der Waals surface area contributed by atoms with E-state index in [2.05, 4.69) is 76.9 Å².